The maximum absolute atomic E-state index is 6.07. The minimum absolute atomic E-state index is 0.0998. The van der Waals surface area contributed by atoms with E-state index in [1.54, 1.807) is 0 Å². The van der Waals surface area contributed by atoms with Gasteiger partial charge >= 0.3 is 0 Å². The van der Waals surface area contributed by atoms with Gasteiger partial charge in [-0.2, -0.15) is 0 Å². The molecule has 0 spiro atoms. The number of hydrogen-bond donors (Lipinski definition) is 0. The molecule has 4 rings (SSSR count). The van der Waals surface area contributed by atoms with Gasteiger partial charge in [0.2, 0.25) is 5.89 Å². The molecule has 0 atom stereocenters. The van der Waals surface area contributed by atoms with Crippen LogP contribution in [0.4, 0.5) is 0 Å². The SMILES string of the molecule is Cc1cc2nc(C(C)(C)C)oc2cc1-c1n(C)c2ccccc2[n+]1C. The first-order valence-corrected chi connectivity index (χ1v) is 8.63. The number of nitrogens with zero attached hydrogens (tertiary/aromatic N) is 3. The highest BCUT2D eigenvalue weighted by Gasteiger charge is 2.26. The lowest BCUT2D eigenvalue weighted by atomic mass is 9.97. The van der Waals surface area contributed by atoms with E-state index in [0.29, 0.717) is 0 Å². The lowest BCUT2D eigenvalue weighted by molar-refractivity contribution is -0.634. The Labute approximate surface area is 147 Å². The van der Waals surface area contributed by atoms with Gasteiger partial charge in [0.05, 0.1) is 19.7 Å². The zero-order valence-corrected chi connectivity index (χ0v) is 15.7. The second-order valence-electron chi connectivity index (χ2n) is 7.83. The first-order valence-electron chi connectivity index (χ1n) is 8.63. The number of oxazole rings is 1. The number of imidazole rings is 1. The third kappa shape index (κ3) is 2.36. The summed E-state index contributed by atoms with van der Waals surface area (Å²) in [6.45, 7) is 8.50. The lowest BCUT2D eigenvalue weighted by Crippen LogP contribution is -2.30. The molecule has 0 N–H and O–H groups in total. The molecule has 0 unspecified atom stereocenters. The van der Waals surface area contributed by atoms with Crippen LogP contribution in [0.3, 0.4) is 0 Å². The fourth-order valence-corrected chi connectivity index (χ4v) is 3.49. The number of fused-ring (bicyclic) bond motifs is 2. The summed E-state index contributed by atoms with van der Waals surface area (Å²) in [7, 11) is 4.23. The minimum Gasteiger partial charge on any atom is -0.440 e. The van der Waals surface area contributed by atoms with Gasteiger partial charge in [0.25, 0.3) is 5.82 Å². The summed E-state index contributed by atoms with van der Waals surface area (Å²) in [6.07, 6.45) is 0. The van der Waals surface area contributed by atoms with Crippen LogP contribution in [0.25, 0.3) is 33.5 Å². The van der Waals surface area contributed by atoms with E-state index >= 15 is 0 Å². The Balaban J connectivity index is 2.00. The Kier molecular flexibility index (Phi) is 3.29. The Morgan fingerprint density at radius 2 is 1.84 bits per heavy atom. The van der Waals surface area contributed by atoms with E-state index in [1.165, 1.54) is 22.2 Å². The van der Waals surface area contributed by atoms with E-state index in [-0.39, 0.29) is 5.41 Å². The fourth-order valence-electron chi connectivity index (χ4n) is 3.49. The van der Waals surface area contributed by atoms with Crippen LogP contribution in [-0.2, 0) is 19.5 Å². The average molecular weight is 334 g/mol. The molecule has 0 fully saturated rings. The van der Waals surface area contributed by atoms with E-state index in [0.717, 1.165) is 22.8 Å². The van der Waals surface area contributed by atoms with Crippen molar-refractivity contribution in [3.05, 3.63) is 47.9 Å². The number of rotatable bonds is 1. The first-order chi connectivity index (χ1) is 11.8. The number of para-hydroxylation sites is 2. The molecular formula is C21H24N3O+. The molecule has 4 heteroatoms. The van der Waals surface area contributed by atoms with Crippen molar-refractivity contribution < 1.29 is 8.98 Å². The normalized spacial score (nSPS) is 12.4. The van der Waals surface area contributed by atoms with Gasteiger partial charge in [-0.3, -0.25) is 0 Å². The summed E-state index contributed by atoms with van der Waals surface area (Å²) in [4.78, 5) is 4.69. The van der Waals surface area contributed by atoms with Gasteiger partial charge in [0, 0.05) is 5.41 Å². The van der Waals surface area contributed by atoms with Gasteiger partial charge in [-0.25, -0.2) is 14.1 Å². The van der Waals surface area contributed by atoms with Gasteiger partial charge in [0.15, 0.2) is 16.6 Å². The third-order valence-electron chi connectivity index (χ3n) is 4.86. The molecule has 0 amide bonds. The van der Waals surface area contributed by atoms with Crippen molar-refractivity contribution in [2.75, 3.05) is 0 Å². The Bertz CT molecular complexity index is 1070. The van der Waals surface area contributed by atoms with Crippen LogP contribution in [0.15, 0.2) is 40.8 Å². The van der Waals surface area contributed by atoms with Gasteiger partial charge < -0.3 is 4.42 Å². The summed E-state index contributed by atoms with van der Waals surface area (Å²) >= 11 is 0. The van der Waals surface area contributed by atoms with Crippen LogP contribution in [0.1, 0.15) is 32.2 Å². The largest absolute Gasteiger partial charge is 0.440 e. The number of aromatic nitrogens is 3. The van der Waals surface area contributed by atoms with Gasteiger partial charge in [-0.15, -0.1) is 0 Å². The molecule has 0 saturated heterocycles. The second-order valence-corrected chi connectivity index (χ2v) is 7.83. The number of hydrogen-bond acceptors (Lipinski definition) is 2. The van der Waals surface area contributed by atoms with Crippen LogP contribution in [0.2, 0.25) is 0 Å². The van der Waals surface area contributed by atoms with Crippen LogP contribution in [0.5, 0.6) is 0 Å². The molecule has 2 aromatic heterocycles. The predicted molar refractivity (Wildman–Crippen MR) is 101 cm³/mol. The molecule has 0 radical (unpaired) electrons. The lowest BCUT2D eigenvalue weighted by Gasteiger charge is -2.11. The van der Waals surface area contributed by atoms with Crippen molar-refractivity contribution in [2.45, 2.75) is 33.1 Å². The van der Waals surface area contributed by atoms with Crippen LogP contribution in [-0.4, -0.2) is 9.55 Å². The summed E-state index contributed by atoms with van der Waals surface area (Å²) in [6, 6.07) is 12.7. The zero-order valence-electron chi connectivity index (χ0n) is 15.7. The van der Waals surface area contributed by atoms with Crippen LogP contribution < -0.4 is 4.57 Å². The van der Waals surface area contributed by atoms with Crippen molar-refractivity contribution >= 4 is 22.1 Å². The van der Waals surface area contributed by atoms with E-state index in [2.05, 4.69) is 92.3 Å². The second kappa shape index (κ2) is 5.19. The van der Waals surface area contributed by atoms with E-state index < -0.39 is 0 Å². The molecule has 2 heterocycles. The molecule has 128 valence electrons. The number of aryl methyl sites for hydroxylation is 3. The first kappa shape index (κ1) is 15.9. The minimum atomic E-state index is -0.0998. The smallest absolute Gasteiger partial charge is 0.289 e. The quantitative estimate of drug-likeness (QED) is 0.483. The predicted octanol–water partition coefficient (Wildman–Crippen LogP) is 4.42. The maximum atomic E-state index is 6.07. The highest BCUT2D eigenvalue weighted by molar-refractivity contribution is 5.83. The van der Waals surface area contributed by atoms with Crippen molar-refractivity contribution in [1.29, 1.82) is 0 Å². The summed E-state index contributed by atoms with van der Waals surface area (Å²) in [5.74, 6) is 1.94. The molecular weight excluding hydrogens is 310 g/mol. The monoisotopic (exact) mass is 334 g/mol. The fraction of sp³-hybridized carbons (Fsp3) is 0.333. The van der Waals surface area contributed by atoms with Crippen molar-refractivity contribution in [3.8, 4) is 11.4 Å². The van der Waals surface area contributed by atoms with Crippen molar-refractivity contribution in [2.24, 2.45) is 14.1 Å². The number of benzene rings is 2. The highest BCUT2D eigenvalue weighted by Crippen LogP contribution is 2.31. The molecule has 0 aliphatic rings. The summed E-state index contributed by atoms with van der Waals surface area (Å²) < 4.78 is 10.6. The van der Waals surface area contributed by atoms with Crippen LogP contribution >= 0.6 is 0 Å². The Morgan fingerprint density at radius 1 is 1.12 bits per heavy atom. The van der Waals surface area contributed by atoms with E-state index in [1.807, 2.05) is 0 Å². The summed E-state index contributed by atoms with van der Waals surface area (Å²) in [5.41, 5.74) is 6.47. The van der Waals surface area contributed by atoms with Gasteiger partial charge in [-0.05, 0) is 36.8 Å². The maximum Gasteiger partial charge on any atom is 0.289 e. The Morgan fingerprint density at radius 3 is 2.52 bits per heavy atom. The van der Waals surface area contributed by atoms with Gasteiger partial charge in [-0.1, -0.05) is 32.9 Å². The van der Waals surface area contributed by atoms with Crippen molar-refractivity contribution in [3.63, 3.8) is 0 Å². The topological polar surface area (TPSA) is 34.8 Å². The molecule has 0 bridgehead atoms. The molecule has 0 aliphatic carbocycles. The van der Waals surface area contributed by atoms with Crippen LogP contribution in [0, 0.1) is 6.92 Å². The van der Waals surface area contributed by atoms with E-state index in [4.69, 9.17) is 4.42 Å². The summed E-state index contributed by atoms with van der Waals surface area (Å²) in [5, 5.41) is 0. The molecule has 0 aliphatic heterocycles. The average Bonchev–Trinajstić information content (AvgIpc) is 3.07. The molecule has 4 nitrogen and oxygen atoms in total. The van der Waals surface area contributed by atoms with E-state index in [9.17, 15) is 0 Å². The van der Waals surface area contributed by atoms with Crippen molar-refractivity contribution in [1.82, 2.24) is 9.55 Å². The zero-order chi connectivity index (χ0) is 17.9. The third-order valence-corrected chi connectivity index (χ3v) is 4.86. The van der Waals surface area contributed by atoms with Gasteiger partial charge in [0.1, 0.15) is 5.52 Å². The standard InChI is InChI=1S/C21H24N3O/c1-13-11-15-18(25-20(22-15)21(2,3)4)12-14(13)19-23(5)16-9-7-8-10-17(16)24(19)6/h7-12H,1-6H3/q+1. The molecule has 2 aromatic carbocycles. The highest BCUT2D eigenvalue weighted by atomic mass is 16.3. The molecule has 0 saturated carbocycles. The molecule has 25 heavy (non-hydrogen) atoms. The molecule has 4 aromatic rings. The Hall–Kier alpha value is -2.62.